The number of benzene rings is 3. The quantitative estimate of drug-likeness (QED) is 0.288. The van der Waals surface area contributed by atoms with Crippen LogP contribution in [0, 0.1) is 17.5 Å². The minimum Gasteiger partial charge on any atom is -0.340 e. The molecule has 1 aromatic heterocycles. The van der Waals surface area contributed by atoms with Gasteiger partial charge in [-0.1, -0.05) is 36.0 Å². The SMILES string of the molecule is CC(Sc1nc2ccccc2c(=O)n1-c1ccc(F)cc1F)C(=O)N(C)Cc1cccc(F)c1. The molecular weight excluding hydrogens is 463 g/mol. The van der Waals surface area contributed by atoms with Crippen molar-refractivity contribution in [1.29, 1.82) is 0 Å². The van der Waals surface area contributed by atoms with Gasteiger partial charge in [-0.05, 0) is 48.9 Å². The van der Waals surface area contributed by atoms with Gasteiger partial charge >= 0.3 is 0 Å². The number of hydrogen-bond acceptors (Lipinski definition) is 4. The highest BCUT2D eigenvalue weighted by Gasteiger charge is 2.24. The standard InChI is InChI=1S/C25H20F3N3O2S/c1-15(23(32)30(2)14-16-6-5-7-17(26)12-16)34-25-29-21-9-4-3-8-19(21)24(33)31(25)22-11-10-18(27)13-20(22)28/h3-13,15H,14H2,1-2H3. The van der Waals surface area contributed by atoms with E-state index in [1.54, 1.807) is 50.4 Å². The molecule has 0 aliphatic rings. The summed E-state index contributed by atoms with van der Waals surface area (Å²) >= 11 is 0.983. The summed E-state index contributed by atoms with van der Waals surface area (Å²) in [7, 11) is 1.59. The van der Waals surface area contributed by atoms with Crippen LogP contribution >= 0.6 is 11.8 Å². The maximum atomic E-state index is 14.7. The summed E-state index contributed by atoms with van der Waals surface area (Å²) < 4.78 is 42.7. The molecular formula is C25H20F3N3O2S. The Kier molecular flexibility index (Phi) is 6.74. The topological polar surface area (TPSA) is 55.2 Å². The summed E-state index contributed by atoms with van der Waals surface area (Å²) in [5, 5.41) is -0.353. The van der Waals surface area contributed by atoms with E-state index in [4.69, 9.17) is 0 Å². The molecule has 4 aromatic rings. The lowest BCUT2D eigenvalue weighted by atomic mass is 10.2. The highest BCUT2D eigenvalue weighted by Crippen LogP contribution is 2.27. The van der Waals surface area contributed by atoms with Crippen LogP contribution in [0.5, 0.6) is 0 Å². The van der Waals surface area contributed by atoms with E-state index >= 15 is 0 Å². The molecule has 0 N–H and O–H groups in total. The number of fused-ring (bicyclic) bond motifs is 1. The molecule has 34 heavy (non-hydrogen) atoms. The number of amides is 1. The first-order valence-electron chi connectivity index (χ1n) is 10.4. The summed E-state index contributed by atoms with van der Waals surface area (Å²) in [5.74, 6) is -2.39. The average molecular weight is 484 g/mol. The second kappa shape index (κ2) is 9.72. The second-order valence-electron chi connectivity index (χ2n) is 7.73. The van der Waals surface area contributed by atoms with Crippen molar-refractivity contribution < 1.29 is 18.0 Å². The molecule has 0 saturated heterocycles. The van der Waals surface area contributed by atoms with Crippen LogP contribution in [0.3, 0.4) is 0 Å². The van der Waals surface area contributed by atoms with Crippen LogP contribution in [-0.2, 0) is 11.3 Å². The van der Waals surface area contributed by atoms with Crippen molar-refractivity contribution in [3.63, 3.8) is 0 Å². The van der Waals surface area contributed by atoms with Crippen LogP contribution in [0.15, 0.2) is 76.7 Å². The fourth-order valence-electron chi connectivity index (χ4n) is 3.57. The minimum atomic E-state index is -0.928. The fourth-order valence-corrected chi connectivity index (χ4v) is 4.61. The van der Waals surface area contributed by atoms with E-state index in [-0.39, 0.29) is 28.7 Å². The zero-order valence-electron chi connectivity index (χ0n) is 18.3. The van der Waals surface area contributed by atoms with Gasteiger partial charge in [-0.3, -0.25) is 14.2 Å². The molecule has 0 aliphatic heterocycles. The molecule has 1 heterocycles. The predicted molar refractivity (Wildman–Crippen MR) is 125 cm³/mol. The normalized spacial score (nSPS) is 12.0. The second-order valence-corrected chi connectivity index (χ2v) is 9.04. The van der Waals surface area contributed by atoms with E-state index < -0.39 is 28.3 Å². The molecule has 0 radical (unpaired) electrons. The summed E-state index contributed by atoms with van der Waals surface area (Å²) in [6.45, 7) is 1.83. The van der Waals surface area contributed by atoms with Gasteiger partial charge in [0.15, 0.2) is 5.16 Å². The number of halogens is 3. The average Bonchev–Trinajstić information content (AvgIpc) is 2.79. The van der Waals surface area contributed by atoms with E-state index in [2.05, 4.69) is 4.98 Å². The van der Waals surface area contributed by atoms with E-state index in [9.17, 15) is 22.8 Å². The number of carbonyl (C=O) groups excluding carboxylic acids is 1. The lowest BCUT2D eigenvalue weighted by Crippen LogP contribution is -2.33. The van der Waals surface area contributed by atoms with E-state index in [0.717, 1.165) is 28.5 Å². The molecule has 1 amide bonds. The first kappa shape index (κ1) is 23.6. The molecule has 0 aliphatic carbocycles. The maximum absolute atomic E-state index is 14.7. The first-order chi connectivity index (χ1) is 16.2. The predicted octanol–water partition coefficient (Wildman–Crippen LogP) is 4.94. The Morgan fingerprint density at radius 1 is 1.03 bits per heavy atom. The van der Waals surface area contributed by atoms with Crippen molar-refractivity contribution in [2.24, 2.45) is 0 Å². The molecule has 0 fully saturated rings. The largest absolute Gasteiger partial charge is 0.340 e. The zero-order valence-corrected chi connectivity index (χ0v) is 19.2. The number of thioether (sulfide) groups is 1. The summed E-state index contributed by atoms with van der Waals surface area (Å²) in [6, 6.07) is 15.4. The molecule has 5 nitrogen and oxygen atoms in total. The smallest absolute Gasteiger partial charge is 0.266 e. The highest BCUT2D eigenvalue weighted by molar-refractivity contribution is 8.00. The van der Waals surface area contributed by atoms with Crippen molar-refractivity contribution in [3.05, 3.63) is 100 Å². The van der Waals surface area contributed by atoms with Crippen molar-refractivity contribution in [3.8, 4) is 5.69 Å². The Morgan fingerprint density at radius 3 is 2.50 bits per heavy atom. The molecule has 4 rings (SSSR count). The monoisotopic (exact) mass is 483 g/mol. The molecule has 0 bridgehead atoms. The molecule has 0 saturated carbocycles. The Bertz CT molecular complexity index is 1440. The van der Waals surface area contributed by atoms with Crippen LogP contribution in [0.1, 0.15) is 12.5 Å². The first-order valence-corrected chi connectivity index (χ1v) is 11.3. The van der Waals surface area contributed by atoms with Crippen LogP contribution < -0.4 is 5.56 Å². The van der Waals surface area contributed by atoms with E-state index in [1.807, 2.05) is 0 Å². The van der Waals surface area contributed by atoms with Crippen LogP contribution in [0.2, 0.25) is 0 Å². The summed E-state index contributed by atoms with van der Waals surface area (Å²) in [6.07, 6.45) is 0. The molecule has 9 heteroatoms. The van der Waals surface area contributed by atoms with Gasteiger partial charge in [0.2, 0.25) is 5.91 Å². The number of aromatic nitrogens is 2. The highest BCUT2D eigenvalue weighted by atomic mass is 32.2. The summed E-state index contributed by atoms with van der Waals surface area (Å²) in [4.78, 5) is 32.2. The van der Waals surface area contributed by atoms with Gasteiger partial charge in [0, 0.05) is 19.7 Å². The third-order valence-electron chi connectivity index (χ3n) is 5.21. The Balaban J connectivity index is 1.70. The Hall–Kier alpha value is -3.59. The van der Waals surface area contributed by atoms with Crippen molar-refractivity contribution in [1.82, 2.24) is 14.5 Å². The van der Waals surface area contributed by atoms with Crippen LogP contribution in [0.4, 0.5) is 13.2 Å². The lowest BCUT2D eigenvalue weighted by Gasteiger charge is -2.22. The number of nitrogens with zero attached hydrogens (tertiary/aromatic N) is 3. The van der Waals surface area contributed by atoms with Gasteiger partial charge in [-0.2, -0.15) is 0 Å². The van der Waals surface area contributed by atoms with Crippen molar-refractivity contribution in [2.75, 3.05) is 7.05 Å². The summed E-state index contributed by atoms with van der Waals surface area (Å²) in [5.41, 5.74) is 0.315. The van der Waals surface area contributed by atoms with Crippen LogP contribution in [-0.4, -0.2) is 32.7 Å². The Labute approximate surface area is 197 Å². The Morgan fingerprint density at radius 2 is 1.76 bits per heavy atom. The van der Waals surface area contributed by atoms with Gasteiger partial charge in [-0.15, -0.1) is 0 Å². The molecule has 3 aromatic carbocycles. The van der Waals surface area contributed by atoms with Gasteiger partial charge in [0.25, 0.3) is 5.56 Å². The van der Waals surface area contributed by atoms with Crippen molar-refractivity contribution in [2.45, 2.75) is 23.9 Å². The van der Waals surface area contributed by atoms with Crippen molar-refractivity contribution >= 4 is 28.6 Å². The van der Waals surface area contributed by atoms with Gasteiger partial charge < -0.3 is 4.90 Å². The van der Waals surface area contributed by atoms with Gasteiger partial charge in [-0.25, -0.2) is 18.2 Å². The number of carbonyl (C=O) groups is 1. The molecule has 1 unspecified atom stereocenters. The fraction of sp³-hybridized carbons (Fsp3) is 0.160. The van der Waals surface area contributed by atoms with Gasteiger partial charge in [0.05, 0.1) is 21.8 Å². The minimum absolute atomic E-state index is 0.0919. The van der Waals surface area contributed by atoms with E-state index in [1.165, 1.54) is 17.0 Å². The number of rotatable bonds is 6. The van der Waals surface area contributed by atoms with E-state index in [0.29, 0.717) is 17.1 Å². The number of para-hydroxylation sites is 1. The van der Waals surface area contributed by atoms with Gasteiger partial charge in [0.1, 0.15) is 17.5 Å². The third-order valence-corrected chi connectivity index (χ3v) is 6.25. The molecule has 174 valence electrons. The maximum Gasteiger partial charge on any atom is 0.266 e. The number of hydrogen-bond donors (Lipinski definition) is 0. The molecule has 0 spiro atoms. The van der Waals surface area contributed by atoms with Crippen LogP contribution in [0.25, 0.3) is 16.6 Å². The lowest BCUT2D eigenvalue weighted by molar-refractivity contribution is -0.129. The third kappa shape index (κ3) is 4.84. The molecule has 1 atom stereocenters. The zero-order chi connectivity index (χ0) is 24.4.